The van der Waals surface area contributed by atoms with Crippen molar-refractivity contribution in [1.29, 1.82) is 0 Å². The number of hydrogen-bond acceptors (Lipinski definition) is 7. The standard InChI is InChI=1S/C15H20N4O4S2/c1-11-3-5-12(6-4-11)23-10-8-14-18-19-15(24-14)17-13(20)7-9-16-25(2,21)22/h3-6,16H,7-10H2,1-2H3,(H,17,19,20). The Balaban J connectivity index is 1.72. The number of anilines is 1. The van der Waals surface area contributed by atoms with Crippen LogP contribution in [0.4, 0.5) is 5.13 Å². The highest BCUT2D eigenvalue weighted by molar-refractivity contribution is 7.88. The van der Waals surface area contributed by atoms with E-state index in [1.165, 1.54) is 16.9 Å². The zero-order valence-corrected chi connectivity index (χ0v) is 15.6. The SMILES string of the molecule is Cc1ccc(OCCc2nnc(NC(=O)CCNS(C)(=O)=O)s2)cc1. The first kappa shape index (κ1) is 19.3. The summed E-state index contributed by atoms with van der Waals surface area (Å²) in [6.07, 6.45) is 1.65. The third-order valence-corrected chi connectivity index (χ3v) is 4.66. The molecule has 1 aromatic heterocycles. The summed E-state index contributed by atoms with van der Waals surface area (Å²) in [5.74, 6) is 0.469. The van der Waals surface area contributed by atoms with Gasteiger partial charge in [-0.05, 0) is 19.1 Å². The van der Waals surface area contributed by atoms with E-state index in [-0.39, 0.29) is 18.9 Å². The highest BCUT2D eigenvalue weighted by Gasteiger charge is 2.09. The van der Waals surface area contributed by atoms with Crippen LogP contribution in [0.15, 0.2) is 24.3 Å². The number of benzene rings is 1. The Morgan fingerprint density at radius 1 is 1.24 bits per heavy atom. The van der Waals surface area contributed by atoms with E-state index in [1.54, 1.807) is 0 Å². The molecule has 2 N–H and O–H groups in total. The molecule has 136 valence electrons. The Hall–Kier alpha value is -2.04. The molecular weight excluding hydrogens is 364 g/mol. The molecule has 25 heavy (non-hydrogen) atoms. The Bertz CT molecular complexity index is 803. The molecular formula is C15H20N4O4S2. The largest absolute Gasteiger partial charge is 0.493 e. The first-order valence-electron chi connectivity index (χ1n) is 7.58. The van der Waals surface area contributed by atoms with Crippen molar-refractivity contribution in [2.75, 3.05) is 24.7 Å². The molecule has 1 heterocycles. The lowest BCUT2D eigenvalue weighted by Gasteiger charge is -2.04. The second kappa shape index (κ2) is 8.88. The van der Waals surface area contributed by atoms with E-state index in [1.807, 2.05) is 31.2 Å². The summed E-state index contributed by atoms with van der Waals surface area (Å²) in [5.41, 5.74) is 1.17. The van der Waals surface area contributed by atoms with Gasteiger partial charge in [0.05, 0.1) is 12.9 Å². The third-order valence-electron chi connectivity index (χ3n) is 3.04. The molecule has 1 amide bonds. The molecule has 0 aliphatic heterocycles. The second-order valence-electron chi connectivity index (χ2n) is 5.38. The molecule has 0 aliphatic rings. The lowest BCUT2D eigenvalue weighted by atomic mass is 10.2. The molecule has 2 aromatic rings. The Morgan fingerprint density at radius 2 is 1.96 bits per heavy atom. The van der Waals surface area contributed by atoms with Gasteiger partial charge in [-0.25, -0.2) is 13.1 Å². The Labute approximate surface area is 150 Å². The van der Waals surface area contributed by atoms with Crippen molar-refractivity contribution in [1.82, 2.24) is 14.9 Å². The normalized spacial score (nSPS) is 11.3. The molecule has 0 bridgehead atoms. The van der Waals surface area contributed by atoms with Crippen LogP contribution in [-0.2, 0) is 21.2 Å². The van der Waals surface area contributed by atoms with Crippen molar-refractivity contribution in [3.63, 3.8) is 0 Å². The minimum atomic E-state index is -3.29. The van der Waals surface area contributed by atoms with E-state index in [4.69, 9.17) is 4.74 Å². The number of carbonyl (C=O) groups excluding carboxylic acids is 1. The summed E-state index contributed by atoms with van der Waals surface area (Å²) in [6, 6.07) is 7.77. The molecule has 0 saturated carbocycles. The van der Waals surface area contributed by atoms with Crippen LogP contribution in [0.2, 0.25) is 0 Å². The van der Waals surface area contributed by atoms with Crippen molar-refractivity contribution >= 4 is 32.4 Å². The minimum absolute atomic E-state index is 0.0263. The molecule has 0 spiro atoms. The number of amides is 1. The Kier molecular flexibility index (Phi) is 6.85. The van der Waals surface area contributed by atoms with Gasteiger partial charge in [0.1, 0.15) is 10.8 Å². The van der Waals surface area contributed by atoms with Gasteiger partial charge in [0, 0.05) is 19.4 Å². The number of aryl methyl sites for hydroxylation is 1. The van der Waals surface area contributed by atoms with E-state index in [9.17, 15) is 13.2 Å². The van der Waals surface area contributed by atoms with Crippen LogP contribution in [-0.4, -0.2) is 43.9 Å². The molecule has 0 radical (unpaired) electrons. The molecule has 0 unspecified atom stereocenters. The molecule has 1 aromatic carbocycles. The maximum atomic E-state index is 11.7. The lowest BCUT2D eigenvalue weighted by molar-refractivity contribution is -0.116. The Morgan fingerprint density at radius 3 is 2.64 bits per heavy atom. The van der Waals surface area contributed by atoms with Gasteiger partial charge in [0.25, 0.3) is 0 Å². The number of nitrogens with zero attached hydrogens (tertiary/aromatic N) is 2. The third kappa shape index (κ3) is 7.59. The average molecular weight is 384 g/mol. The molecule has 0 atom stereocenters. The van der Waals surface area contributed by atoms with Gasteiger partial charge in [-0.2, -0.15) is 0 Å². The number of hydrogen-bond donors (Lipinski definition) is 2. The maximum absolute atomic E-state index is 11.7. The van der Waals surface area contributed by atoms with Crippen molar-refractivity contribution in [3.05, 3.63) is 34.8 Å². The number of rotatable bonds is 9. The maximum Gasteiger partial charge on any atom is 0.227 e. The fourth-order valence-electron chi connectivity index (χ4n) is 1.83. The topological polar surface area (TPSA) is 110 Å². The average Bonchev–Trinajstić information content (AvgIpc) is 2.95. The summed E-state index contributed by atoms with van der Waals surface area (Å²) in [6.45, 7) is 2.52. The van der Waals surface area contributed by atoms with Crippen LogP contribution < -0.4 is 14.8 Å². The van der Waals surface area contributed by atoms with Gasteiger partial charge in [0.15, 0.2) is 0 Å². The highest BCUT2D eigenvalue weighted by atomic mass is 32.2. The second-order valence-corrected chi connectivity index (χ2v) is 8.27. The van der Waals surface area contributed by atoms with Crippen molar-refractivity contribution in [2.45, 2.75) is 19.8 Å². The van der Waals surface area contributed by atoms with Gasteiger partial charge < -0.3 is 10.1 Å². The summed E-state index contributed by atoms with van der Waals surface area (Å²) in [5, 5.41) is 11.6. The summed E-state index contributed by atoms with van der Waals surface area (Å²) in [7, 11) is -3.29. The van der Waals surface area contributed by atoms with Crippen LogP contribution >= 0.6 is 11.3 Å². The number of nitrogens with one attached hydrogen (secondary N) is 2. The van der Waals surface area contributed by atoms with Crippen molar-refractivity contribution in [2.24, 2.45) is 0 Å². The number of carbonyl (C=O) groups is 1. The molecule has 10 heteroatoms. The van der Waals surface area contributed by atoms with E-state index < -0.39 is 10.0 Å². The summed E-state index contributed by atoms with van der Waals surface area (Å²) in [4.78, 5) is 11.7. The first-order valence-corrected chi connectivity index (χ1v) is 10.3. The van der Waals surface area contributed by atoms with E-state index in [0.29, 0.717) is 18.2 Å². The van der Waals surface area contributed by atoms with E-state index in [0.717, 1.165) is 17.0 Å². The number of ether oxygens (including phenoxy) is 1. The van der Waals surface area contributed by atoms with E-state index >= 15 is 0 Å². The summed E-state index contributed by atoms with van der Waals surface area (Å²) < 4.78 is 29.7. The zero-order valence-electron chi connectivity index (χ0n) is 14.0. The van der Waals surface area contributed by atoms with Crippen LogP contribution in [0.5, 0.6) is 5.75 Å². The van der Waals surface area contributed by atoms with Crippen LogP contribution in [0, 0.1) is 6.92 Å². The van der Waals surface area contributed by atoms with Crippen LogP contribution in [0.25, 0.3) is 0 Å². The fourth-order valence-corrected chi connectivity index (χ4v) is 3.04. The molecule has 0 aliphatic carbocycles. The zero-order chi connectivity index (χ0) is 18.3. The fraction of sp³-hybridized carbons (Fsp3) is 0.400. The number of sulfonamides is 1. The predicted octanol–water partition coefficient (Wildman–Crippen LogP) is 1.35. The van der Waals surface area contributed by atoms with Crippen molar-refractivity contribution < 1.29 is 17.9 Å². The van der Waals surface area contributed by atoms with Gasteiger partial charge in [0.2, 0.25) is 21.1 Å². The van der Waals surface area contributed by atoms with Gasteiger partial charge >= 0.3 is 0 Å². The highest BCUT2D eigenvalue weighted by Crippen LogP contribution is 2.17. The predicted molar refractivity (Wildman–Crippen MR) is 96.4 cm³/mol. The van der Waals surface area contributed by atoms with Crippen molar-refractivity contribution in [3.8, 4) is 5.75 Å². The first-order chi connectivity index (χ1) is 11.8. The van der Waals surface area contributed by atoms with Crippen LogP contribution in [0.1, 0.15) is 17.0 Å². The molecule has 0 fully saturated rings. The van der Waals surface area contributed by atoms with E-state index in [2.05, 4.69) is 20.2 Å². The minimum Gasteiger partial charge on any atom is -0.493 e. The molecule has 0 saturated heterocycles. The smallest absolute Gasteiger partial charge is 0.227 e. The van der Waals surface area contributed by atoms with Crippen LogP contribution in [0.3, 0.4) is 0 Å². The summed E-state index contributed by atoms with van der Waals surface area (Å²) >= 11 is 1.26. The number of aromatic nitrogens is 2. The van der Waals surface area contributed by atoms with Gasteiger partial charge in [-0.15, -0.1) is 10.2 Å². The molecule has 8 nitrogen and oxygen atoms in total. The molecule has 2 rings (SSSR count). The monoisotopic (exact) mass is 384 g/mol. The van der Waals surface area contributed by atoms with Gasteiger partial charge in [-0.1, -0.05) is 29.0 Å². The van der Waals surface area contributed by atoms with Gasteiger partial charge in [-0.3, -0.25) is 4.79 Å². The quantitative estimate of drug-likeness (QED) is 0.675. The lowest BCUT2D eigenvalue weighted by Crippen LogP contribution is -2.26.